The second-order valence-electron chi connectivity index (χ2n) is 7.26. The third-order valence-corrected chi connectivity index (χ3v) is 5.93. The summed E-state index contributed by atoms with van der Waals surface area (Å²) in [6.45, 7) is 5.14. The van der Waals surface area contributed by atoms with Crippen LogP contribution in [0.3, 0.4) is 0 Å². The van der Waals surface area contributed by atoms with Gasteiger partial charge in [-0.05, 0) is 31.3 Å². The van der Waals surface area contributed by atoms with Crippen molar-refractivity contribution in [1.29, 1.82) is 0 Å². The Morgan fingerprint density at radius 3 is 1.60 bits per heavy atom. The molecule has 0 fully saturated rings. The Morgan fingerprint density at radius 2 is 1.16 bits per heavy atom. The second kappa shape index (κ2) is 22.3. The summed E-state index contributed by atoms with van der Waals surface area (Å²) in [6.07, 6.45) is 21.0. The molecule has 152 valence electrons. The Labute approximate surface area is 162 Å². The molecule has 0 bridgehead atoms. The van der Waals surface area contributed by atoms with Crippen LogP contribution in [0.2, 0.25) is 0 Å². The van der Waals surface area contributed by atoms with Gasteiger partial charge in [0.25, 0.3) is 0 Å². The van der Waals surface area contributed by atoms with Crippen LogP contribution in [-0.4, -0.2) is 35.9 Å². The summed E-state index contributed by atoms with van der Waals surface area (Å²) in [6, 6.07) is 0. The van der Waals surface area contributed by atoms with Gasteiger partial charge in [0.15, 0.2) is 0 Å². The van der Waals surface area contributed by atoms with Gasteiger partial charge in [-0.3, -0.25) is 0 Å². The molecule has 0 aliphatic heterocycles. The normalized spacial score (nSPS) is 12.6. The molecular formula is C22H46O2S. The van der Waals surface area contributed by atoms with E-state index < -0.39 is 0 Å². The zero-order valence-electron chi connectivity index (χ0n) is 17.3. The highest BCUT2D eigenvalue weighted by Gasteiger charge is 2.05. The molecule has 1 unspecified atom stereocenters. The highest BCUT2D eigenvalue weighted by Crippen LogP contribution is 2.14. The first kappa shape index (κ1) is 25.3. The molecule has 0 amide bonds. The standard InChI is InChI=1S/C22H46O2S/c1-3-5-6-7-8-9-10-11-12-13-14-15-16-17-19-25-20-18-22(21-23)24-4-2/h22-23H,3-21H2,1-2H3. The van der Waals surface area contributed by atoms with Gasteiger partial charge in [-0.15, -0.1) is 0 Å². The summed E-state index contributed by atoms with van der Waals surface area (Å²) in [5, 5.41) is 9.16. The zero-order chi connectivity index (χ0) is 18.4. The molecule has 0 aliphatic rings. The lowest BCUT2D eigenvalue weighted by Gasteiger charge is -2.13. The SMILES string of the molecule is CCCCCCCCCCCCCCCCSCCC(CO)OCC. The van der Waals surface area contributed by atoms with Crippen LogP contribution in [0.1, 0.15) is 110 Å². The maximum atomic E-state index is 9.16. The molecular weight excluding hydrogens is 328 g/mol. The van der Waals surface area contributed by atoms with Gasteiger partial charge in [0.1, 0.15) is 0 Å². The summed E-state index contributed by atoms with van der Waals surface area (Å²) in [4.78, 5) is 0. The van der Waals surface area contributed by atoms with Crippen molar-refractivity contribution in [2.45, 2.75) is 116 Å². The number of hydrogen-bond donors (Lipinski definition) is 1. The minimum Gasteiger partial charge on any atom is -0.394 e. The average Bonchev–Trinajstić information content (AvgIpc) is 2.63. The molecule has 0 spiro atoms. The summed E-state index contributed by atoms with van der Waals surface area (Å²) in [5.74, 6) is 2.38. The highest BCUT2D eigenvalue weighted by atomic mass is 32.2. The zero-order valence-corrected chi connectivity index (χ0v) is 18.1. The van der Waals surface area contributed by atoms with Gasteiger partial charge in [0.2, 0.25) is 0 Å². The monoisotopic (exact) mass is 374 g/mol. The minimum absolute atomic E-state index is 0.0499. The fourth-order valence-corrected chi connectivity index (χ4v) is 4.22. The van der Waals surface area contributed by atoms with Gasteiger partial charge < -0.3 is 9.84 Å². The Kier molecular flexibility index (Phi) is 22.6. The topological polar surface area (TPSA) is 29.5 Å². The molecule has 25 heavy (non-hydrogen) atoms. The number of hydrogen-bond acceptors (Lipinski definition) is 3. The fraction of sp³-hybridized carbons (Fsp3) is 1.00. The van der Waals surface area contributed by atoms with Crippen molar-refractivity contribution in [3.05, 3.63) is 0 Å². The van der Waals surface area contributed by atoms with Crippen molar-refractivity contribution in [3.63, 3.8) is 0 Å². The van der Waals surface area contributed by atoms with Crippen molar-refractivity contribution in [2.24, 2.45) is 0 Å². The van der Waals surface area contributed by atoms with Gasteiger partial charge in [0.05, 0.1) is 12.7 Å². The van der Waals surface area contributed by atoms with E-state index in [0.717, 1.165) is 12.2 Å². The molecule has 0 heterocycles. The van der Waals surface area contributed by atoms with Crippen molar-refractivity contribution < 1.29 is 9.84 Å². The molecule has 0 saturated carbocycles. The summed E-state index contributed by atoms with van der Waals surface area (Å²) >= 11 is 2.02. The lowest BCUT2D eigenvalue weighted by atomic mass is 10.0. The number of thioether (sulfide) groups is 1. The first-order valence-corrected chi connectivity index (χ1v) is 12.3. The molecule has 0 aliphatic carbocycles. The van der Waals surface area contributed by atoms with E-state index in [-0.39, 0.29) is 12.7 Å². The third kappa shape index (κ3) is 20.4. The molecule has 1 atom stereocenters. The van der Waals surface area contributed by atoms with E-state index in [0.29, 0.717) is 6.61 Å². The Morgan fingerprint density at radius 1 is 0.680 bits per heavy atom. The van der Waals surface area contributed by atoms with Crippen molar-refractivity contribution >= 4 is 11.8 Å². The number of unbranched alkanes of at least 4 members (excludes halogenated alkanes) is 13. The molecule has 1 N–H and O–H groups in total. The quantitative estimate of drug-likeness (QED) is 0.220. The van der Waals surface area contributed by atoms with E-state index in [2.05, 4.69) is 6.92 Å². The predicted octanol–water partition coefficient (Wildman–Crippen LogP) is 6.99. The molecule has 2 nitrogen and oxygen atoms in total. The second-order valence-corrected chi connectivity index (χ2v) is 8.48. The van der Waals surface area contributed by atoms with Gasteiger partial charge in [-0.1, -0.05) is 90.4 Å². The van der Waals surface area contributed by atoms with Gasteiger partial charge >= 0.3 is 0 Å². The van der Waals surface area contributed by atoms with Crippen LogP contribution in [-0.2, 0) is 4.74 Å². The Hall–Kier alpha value is 0.270. The van der Waals surface area contributed by atoms with Crippen LogP contribution < -0.4 is 0 Å². The molecule has 3 heteroatoms. The molecule has 0 rings (SSSR count). The number of rotatable bonds is 21. The van der Waals surface area contributed by atoms with Crippen LogP contribution >= 0.6 is 11.8 Å². The van der Waals surface area contributed by atoms with Crippen LogP contribution in [0.25, 0.3) is 0 Å². The van der Waals surface area contributed by atoms with Crippen molar-refractivity contribution in [3.8, 4) is 0 Å². The minimum atomic E-state index is 0.0499. The van der Waals surface area contributed by atoms with E-state index in [1.165, 1.54) is 95.6 Å². The molecule has 0 saturated heterocycles. The van der Waals surface area contributed by atoms with E-state index in [1.54, 1.807) is 0 Å². The van der Waals surface area contributed by atoms with Crippen molar-refractivity contribution in [1.82, 2.24) is 0 Å². The first-order chi connectivity index (χ1) is 12.3. The summed E-state index contributed by atoms with van der Waals surface area (Å²) < 4.78 is 5.46. The van der Waals surface area contributed by atoms with E-state index in [4.69, 9.17) is 9.84 Å². The Balaban J connectivity index is 3.07. The van der Waals surface area contributed by atoms with E-state index in [1.807, 2.05) is 18.7 Å². The molecule has 0 aromatic rings. The van der Waals surface area contributed by atoms with Gasteiger partial charge in [0, 0.05) is 6.61 Å². The Bertz CT molecular complexity index is 236. The lowest BCUT2D eigenvalue weighted by molar-refractivity contribution is 0.0189. The summed E-state index contributed by atoms with van der Waals surface area (Å²) in [7, 11) is 0. The van der Waals surface area contributed by atoms with Crippen LogP contribution in [0.5, 0.6) is 0 Å². The lowest BCUT2D eigenvalue weighted by Crippen LogP contribution is -2.18. The van der Waals surface area contributed by atoms with Gasteiger partial charge in [-0.25, -0.2) is 0 Å². The average molecular weight is 375 g/mol. The maximum absolute atomic E-state index is 9.16. The third-order valence-electron chi connectivity index (χ3n) is 4.83. The number of aliphatic hydroxyl groups excluding tert-OH is 1. The van der Waals surface area contributed by atoms with Crippen LogP contribution in [0.4, 0.5) is 0 Å². The predicted molar refractivity (Wildman–Crippen MR) is 115 cm³/mol. The van der Waals surface area contributed by atoms with E-state index >= 15 is 0 Å². The molecule has 0 radical (unpaired) electrons. The summed E-state index contributed by atoms with van der Waals surface area (Å²) in [5.41, 5.74) is 0. The van der Waals surface area contributed by atoms with Crippen molar-refractivity contribution in [2.75, 3.05) is 24.7 Å². The van der Waals surface area contributed by atoms with Crippen LogP contribution in [0, 0.1) is 0 Å². The molecule has 0 aromatic carbocycles. The maximum Gasteiger partial charge on any atom is 0.0813 e. The molecule has 0 aromatic heterocycles. The van der Waals surface area contributed by atoms with Crippen LogP contribution in [0.15, 0.2) is 0 Å². The largest absolute Gasteiger partial charge is 0.394 e. The smallest absolute Gasteiger partial charge is 0.0813 e. The highest BCUT2D eigenvalue weighted by molar-refractivity contribution is 7.99. The number of aliphatic hydroxyl groups is 1. The number of ether oxygens (including phenoxy) is 1. The van der Waals surface area contributed by atoms with Gasteiger partial charge in [-0.2, -0.15) is 11.8 Å². The fourth-order valence-electron chi connectivity index (χ4n) is 3.18. The first-order valence-electron chi connectivity index (χ1n) is 11.1. The van der Waals surface area contributed by atoms with E-state index in [9.17, 15) is 0 Å².